The largest absolute Gasteiger partial charge is 0.481 e. The predicted molar refractivity (Wildman–Crippen MR) is 184 cm³/mol. The van der Waals surface area contributed by atoms with Crippen molar-refractivity contribution in [3.05, 3.63) is 105 Å². The van der Waals surface area contributed by atoms with Gasteiger partial charge < -0.3 is 14.9 Å². The van der Waals surface area contributed by atoms with Crippen LogP contribution in [-0.4, -0.2) is 80.2 Å². The Morgan fingerprint density at radius 2 is 1.54 bits per heavy atom. The molecule has 2 fully saturated rings. The van der Waals surface area contributed by atoms with Gasteiger partial charge in [-0.25, -0.2) is 9.97 Å². The highest BCUT2D eigenvalue weighted by Gasteiger charge is 2.33. The van der Waals surface area contributed by atoms with E-state index in [2.05, 4.69) is 9.88 Å². The summed E-state index contributed by atoms with van der Waals surface area (Å²) in [6.45, 7) is 3.74. The molecule has 48 heavy (non-hydrogen) atoms. The average molecular weight is 687 g/mol. The number of methoxy groups -OCH3 is 1. The van der Waals surface area contributed by atoms with E-state index in [1.165, 1.54) is 0 Å². The molecular formula is C36H33Cl2N5O5. The van der Waals surface area contributed by atoms with E-state index in [9.17, 15) is 19.8 Å². The minimum absolute atomic E-state index is 0.118. The Morgan fingerprint density at radius 3 is 2.23 bits per heavy atom. The molecule has 0 atom stereocenters. The number of hydrogen-bond acceptors (Lipinski definition) is 8. The van der Waals surface area contributed by atoms with E-state index < -0.39 is 5.97 Å². The molecule has 7 rings (SSSR count). The fourth-order valence-electron chi connectivity index (χ4n) is 6.46. The molecule has 12 heteroatoms. The standard InChI is InChI=1S/C36H33Cl2N5O5/c1-48-34-23(16-42-18-25(19-42)36(46)47)8-9-30(40-34)29-7-3-6-28(33(29)38)27-5-2-4-26(32(27)37)22-10-11-43-31(12-22)39-13-24(35(43)45)17-41-14-21(15-41)20-44/h2-13,21,25,44H,14-20H2,1H3,(H,46,47). The number of fused-ring (bicyclic) bond motifs is 1. The van der Waals surface area contributed by atoms with Crippen LogP contribution in [0.2, 0.25) is 10.0 Å². The molecule has 0 amide bonds. The van der Waals surface area contributed by atoms with E-state index in [1.54, 1.807) is 23.9 Å². The highest BCUT2D eigenvalue weighted by molar-refractivity contribution is 6.39. The fourth-order valence-corrected chi connectivity index (χ4v) is 7.13. The van der Waals surface area contributed by atoms with Gasteiger partial charge in [0.25, 0.3) is 5.56 Å². The summed E-state index contributed by atoms with van der Waals surface area (Å²) in [6.07, 6.45) is 3.36. The number of aromatic nitrogens is 3. The van der Waals surface area contributed by atoms with E-state index in [4.69, 9.17) is 32.9 Å². The van der Waals surface area contributed by atoms with Crippen LogP contribution in [0, 0.1) is 11.8 Å². The number of aliphatic hydroxyl groups excluding tert-OH is 1. The van der Waals surface area contributed by atoms with Crippen LogP contribution >= 0.6 is 23.2 Å². The van der Waals surface area contributed by atoms with Crippen molar-refractivity contribution in [2.75, 3.05) is 39.9 Å². The molecular weight excluding hydrogens is 653 g/mol. The van der Waals surface area contributed by atoms with Crippen molar-refractivity contribution < 1.29 is 19.7 Å². The maximum absolute atomic E-state index is 13.2. The van der Waals surface area contributed by atoms with Crippen LogP contribution in [0.4, 0.5) is 0 Å². The third-order valence-electron chi connectivity index (χ3n) is 9.17. The van der Waals surface area contributed by atoms with Gasteiger partial charge in [0.05, 0.1) is 34.3 Å². The van der Waals surface area contributed by atoms with Gasteiger partial charge in [-0.3, -0.25) is 23.8 Å². The van der Waals surface area contributed by atoms with Crippen molar-refractivity contribution in [1.82, 2.24) is 24.2 Å². The Morgan fingerprint density at radius 1 is 0.896 bits per heavy atom. The second-order valence-corrected chi connectivity index (χ2v) is 13.2. The van der Waals surface area contributed by atoms with Gasteiger partial charge in [-0.05, 0) is 23.8 Å². The van der Waals surface area contributed by atoms with Gasteiger partial charge in [-0.2, -0.15) is 0 Å². The highest BCUT2D eigenvalue weighted by atomic mass is 35.5. The van der Waals surface area contributed by atoms with Gasteiger partial charge in [0.1, 0.15) is 5.65 Å². The lowest BCUT2D eigenvalue weighted by molar-refractivity contribution is -0.147. The third kappa shape index (κ3) is 6.06. The molecule has 0 spiro atoms. The Bertz CT molecular complexity index is 2090. The first kappa shape index (κ1) is 32.2. The van der Waals surface area contributed by atoms with Crippen molar-refractivity contribution >= 4 is 34.8 Å². The minimum Gasteiger partial charge on any atom is -0.481 e. The molecule has 2 aromatic carbocycles. The van der Waals surface area contributed by atoms with Gasteiger partial charge in [0.15, 0.2) is 0 Å². The monoisotopic (exact) mass is 685 g/mol. The molecule has 2 aliphatic heterocycles. The van der Waals surface area contributed by atoms with Gasteiger partial charge >= 0.3 is 5.97 Å². The van der Waals surface area contributed by atoms with Crippen LogP contribution in [0.3, 0.4) is 0 Å². The zero-order chi connectivity index (χ0) is 33.5. The minimum atomic E-state index is -0.775. The zero-order valence-corrected chi connectivity index (χ0v) is 27.7. The Hall–Kier alpha value is -4.32. The van der Waals surface area contributed by atoms with Crippen molar-refractivity contribution in [2.24, 2.45) is 11.8 Å². The Balaban J connectivity index is 1.16. The fraction of sp³-hybridized carbons (Fsp3) is 0.278. The van der Waals surface area contributed by atoms with Crippen LogP contribution in [-0.2, 0) is 17.9 Å². The molecule has 0 radical (unpaired) electrons. The van der Waals surface area contributed by atoms with Crippen molar-refractivity contribution in [3.8, 4) is 39.4 Å². The smallest absolute Gasteiger partial charge is 0.309 e. The van der Waals surface area contributed by atoms with E-state index >= 15 is 0 Å². The number of carboxylic acid groups (broad SMARTS) is 1. The molecule has 0 unspecified atom stereocenters. The molecule has 0 saturated carbocycles. The second-order valence-electron chi connectivity index (χ2n) is 12.4. The first-order chi connectivity index (χ1) is 23.2. The molecule has 2 saturated heterocycles. The summed E-state index contributed by atoms with van der Waals surface area (Å²) in [5, 5.41) is 19.5. The van der Waals surface area contributed by atoms with Gasteiger partial charge in [-0.15, -0.1) is 0 Å². The van der Waals surface area contributed by atoms with Gasteiger partial charge in [0, 0.05) is 92.0 Å². The quantitative estimate of drug-likeness (QED) is 0.201. The third-order valence-corrected chi connectivity index (χ3v) is 9.99. The summed E-state index contributed by atoms with van der Waals surface area (Å²) in [4.78, 5) is 37.9. The van der Waals surface area contributed by atoms with Crippen LogP contribution in [0.1, 0.15) is 11.1 Å². The molecule has 0 bridgehead atoms. The van der Waals surface area contributed by atoms with Crippen LogP contribution in [0.25, 0.3) is 39.2 Å². The highest BCUT2D eigenvalue weighted by Crippen LogP contribution is 2.42. The molecule has 0 aliphatic carbocycles. The Kier molecular flexibility index (Phi) is 8.93. The van der Waals surface area contributed by atoms with Gasteiger partial charge in [0.2, 0.25) is 5.88 Å². The number of likely N-dealkylation sites (tertiary alicyclic amines) is 2. The van der Waals surface area contributed by atoms with Crippen molar-refractivity contribution in [1.29, 1.82) is 0 Å². The summed E-state index contributed by atoms with van der Waals surface area (Å²) in [5.41, 5.74) is 6.27. The number of benzene rings is 2. The summed E-state index contributed by atoms with van der Waals surface area (Å²) < 4.78 is 7.16. The molecule has 10 nitrogen and oxygen atoms in total. The summed E-state index contributed by atoms with van der Waals surface area (Å²) in [7, 11) is 1.56. The van der Waals surface area contributed by atoms with Crippen molar-refractivity contribution in [2.45, 2.75) is 13.1 Å². The lowest BCUT2D eigenvalue weighted by atomic mass is 9.97. The first-order valence-corrected chi connectivity index (χ1v) is 16.4. The number of nitrogens with zero attached hydrogens (tertiary/aromatic N) is 5. The van der Waals surface area contributed by atoms with Crippen LogP contribution in [0.15, 0.2) is 77.9 Å². The molecule has 246 valence electrons. The SMILES string of the molecule is COc1nc(-c2cccc(-c3cccc(-c4ccn5c(=O)c(CN6CC(CO)C6)cnc5c4)c3Cl)c2Cl)ccc1CN1CC(C(=O)O)C1. The Labute approximate surface area is 286 Å². The zero-order valence-electron chi connectivity index (χ0n) is 26.1. The number of aliphatic hydroxyl groups is 1. The molecule has 2 N–H and O–H groups in total. The topological polar surface area (TPSA) is 121 Å². The number of rotatable bonds is 10. The normalized spacial score (nSPS) is 15.8. The predicted octanol–water partition coefficient (Wildman–Crippen LogP) is 5.35. The maximum Gasteiger partial charge on any atom is 0.309 e. The number of carbonyl (C=O) groups is 1. The number of ether oxygens (including phenoxy) is 1. The number of pyridine rings is 2. The molecule has 5 heterocycles. The summed E-state index contributed by atoms with van der Waals surface area (Å²) in [6, 6.07) is 19.0. The molecule has 3 aromatic heterocycles. The number of hydrogen-bond donors (Lipinski definition) is 2. The number of carboxylic acids is 1. The van der Waals surface area contributed by atoms with E-state index in [1.807, 2.05) is 65.6 Å². The second kappa shape index (κ2) is 13.3. The number of aliphatic carboxylic acids is 1. The van der Waals surface area contributed by atoms with Crippen LogP contribution in [0.5, 0.6) is 5.88 Å². The summed E-state index contributed by atoms with van der Waals surface area (Å²) in [5.74, 6) is -0.386. The lowest BCUT2D eigenvalue weighted by Gasteiger charge is -2.37. The van der Waals surface area contributed by atoms with Crippen molar-refractivity contribution in [3.63, 3.8) is 0 Å². The van der Waals surface area contributed by atoms with E-state index in [0.29, 0.717) is 64.6 Å². The maximum atomic E-state index is 13.2. The lowest BCUT2D eigenvalue weighted by Crippen LogP contribution is -2.49. The van der Waals surface area contributed by atoms with E-state index in [-0.39, 0.29) is 24.0 Å². The number of halogens is 2. The average Bonchev–Trinajstić information content (AvgIpc) is 3.05. The van der Waals surface area contributed by atoms with Crippen LogP contribution < -0.4 is 10.3 Å². The first-order valence-electron chi connectivity index (χ1n) is 15.6. The molecule has 5 aromatic rings. The van der Waals surface area contributed by atoms with E-state index in [0.717, 1.165) is 40.9 Å². The summed E-state index contributed by atoms with van der Waals surface area (Å²) >= 11 is 14.1. The van der Waals surface area contributed by atoms with Gasteiger partial charge in [-0.1, -0.05) is 65.7 Å². The molecule has 2 aliphatic rings.